The minimum atomic E-state index is -4.01. The molecule has 0 aromatic carbocycles. The molecule has 9 heteroatoms. The van der Waals surface area contributed by atoms with Gasteiger partial charge >= 0.3 is 16.3 Å². The fourth-order valence-corrected chi connectivity index (χ4v) is 2.07. The molecule has 0 unspecified atom stereocenters. The van der Waals surface area contributed by atoms with E-state index in [0.717, 1.165) is 7.11 Å². The van der Waals surface area contributed by atoms with Gasteiger partial charge < -0.3 is 4.74 Å². The molecule has 1 rings (SSSR count). The molecule has 7 nitrogen and oxygen atoms in total. The second kappa shape index (κ2) is 5.12. The van der Waals surface area contributed by atoms with E-state index in [-0.39, 0.29) is 5.69 Å². The summed E-state index contributed by atoms with van der Waals surface area (Å²) in [7, 11) is -2.95. The zero-order valence-electron chi connectivity index (χ0n) is 8.10. The number of anilines is 1. The van der Waals surface area contributed by atoms with E-state index in [0.29, 0.717) is 4.60 Å². The van der Waals surface area contributed by atoms with Crippen LogP contribution in [0.1, 0.15) is 0 Å². The van der Waals surface area contributed by atoms with E-state index >= 15 is 0 Å². The van der Waals surface area contributed by atoms with E-state index in [9.17, 15) is 13.2 Å². The highest BCUT2D eigenvalue weighted by Crippen LogP contribution is 2.18. The van der Waals surface area contributed by atoms with Crippen LogP contribution in [0.25, 0.3) is 0 Å². The predicted molar refractivity (Wildman–Crippen MR) is 60.0 cm³/mol. The highest BCUT2D eigenvalue weighted by molar-refractivity contribution is 9.10. The summed E-state index contributed by atoms with van der Waals surface area (Å²) in [4.78, 5) is 14.5. The van der Waals surface area contributed by atoms with Gasteiger partial charge in [0.2, 0.25) is 0 Å². The molecular weight excluding hydrogens is 302 g/mol. The van der Waals surface area contributed by atoms with Crippen molar-refractivity contribution in [2.24, 2.45) is 0 Å². The Morgan fingerprint density at radius 3 is 2.81 bits per heavy atom. The van der Waals surface area contributed by atoms with E-state index in [1.807, 2.05) is 0 Å². The Hall–Kier alpha value is -1.35. The van der Waals surface area contributed by atoms with E-state index in [4.69, 9.17) is 0 Å². The molecule has 2 N–H and O–H groups in total. The van der Waals surface area contributed by atoms with Gasteiger partial charge in [-0.1, -0.05) is 0 Å². The normalized spacial score (nSPS) is 10.6. The van der Waals surface area contributed by atoms with E-state index < -0.39 is 16.3 Å². The number of carbonyl (C=O) groups excluding carboxylic acids is 1. The third-order valence-electron chi connectivity index (χ3n) is 1.41. The Balaban J connectivity index is 2.81. The first-order valence-corrected chi connectivity index (χ1v) is 6.21. The molecule has 0 aliphatic rings. The van der Waals surface area contributed by atoms with Crippen LogP contribution in [-0.4, -0.2) is 26.6 Å². The molecule has 0 saturated heterocycles. The van der Waals surface area contributed by atoms with Gasteiger partial charge in [0.1, 0.15) is 4.60 Å². The van der Waals surface area contributed by atoms with E-state index in [2.05, 4.69) is 30.4 Å². The fourth-order valence-electron chi connectivity index (χ4n) is 0.784. The van der Waals surface area contributed by atoms with Gasteiger partial charge in [0.25, 0.3) is 0 Å². The molecule has 0 radical (unpaired) electrons. The predicted octanol–water partition coefficient (Wildman–Crippen LogP) is 0.857. The van der Waals surface area contributed by atoms with Crippen molar-refractivity contribution in [3.8, 4) is 0 Å². The number of hydrogen-bond donors (Lipinski definition) is 2. The molecule has 0 aliphatic carbocycles. The number of methoxy groups -OCH3 is 1. The van der Waals surface area contributed by atoms with Gasteiger partial charge in [0, 0.05) is 6.20 Å². The van der Waals surface area contributed by atoms with Gasteiger partial charge in [-0.2, -0.15) is 8.42 Å². The van der Waals surface area contributed by atoms with E-state index in [1.165, 1.54) is 12.3 Å². The van der Waals surface area contributed by atoms with Crippen molar-refractivity contribution in [1.29, 1.82) is 0 Å². The Morgan fingerprint density at radius 2 is 2.25 bits per heavy atom. The number of amides is 1. The molecule has 1 heterocycles. The number of rotatable bonds is 3. The van der Waals surface area contributed by atoms with Crippen molar-refractivity contribution < 1.29 is 17.9 Å². The Bertz CT molecular complexity index is 490. The van der Waals surface area contributed by atoms with Crippen LogP contribution in [0.2, 0.25) is 0 Å². The van der Waals surface area contributed by atoms with Gasteiger partial charge in [-0.15, -0.1) is 0 Å². The quantitative estimate of drug-likeness (QED) is 0.807. The average Bonchev–Trinajstić information content (AvgIpc) is 2.20. The summed E-state index contributed by atoms with van der Waals surface area (Å²) in [6.07, 6.45) is 0.405. The summed E-state index contributed by atoms with van der Waals surface area (Å²) >= 11 is 3.05. The second-order valence-corrected chi connectivity index (χ2v) is 4.71. The van der Waals surface area contributed by atoms with Crippen LogP contribution in [0.4, 0.5) is 10.5 Å². The molecule has 0 spiro atoms. The zero-order chi connectivity index (χ0) is 12.2. The number of pyridine rings is 1. The van der Waals surface area contributed by atoms with Crippen LogP contribution >= 0.6 is 15.9 Å². The molecule has 1 aromatic heterocycles. The molecule has 16 heavy (non-hydrogen) atoms. The van der Waals surface area contributed by atoms with Crippen LogP contribution in [-0.2, 0) is 14.9 Å². The lowest BCUT2D eigenvalue weighted by atomic mass is 10.4. The number of ether oxygens (including phenoxy) is 1. The maximum absolute atomic E-state index is 11.3. The highest BCUT2D eigenvalue weighted by atomic mass is 79.9. The number of nitrogens with zero attached hydrogens (tertiary/aromatic N) is 1. The summed E-state index contributed by atoms with van der Waals surface area (Å²) in [6, 6.07) is 3.02. The molecule has 1 amide bonds. The Morgan fingerprint density at radius 1 is 1.56 bits per heavy atom. The van der Waals surface area contributed by atoms with Crippen molar-refractivity contribution in [1.82, 2.24) is 9.71 Å². The van der Waals surface area contributed by atoms with Gasteiger partial charge in [-0.3, -0.25) is 4.72 Å². The molecule has 0 saturated carbocycles. The third kappa shape index (κ3) is 3.66. The number of hydrogen-bond acceptors (Lipinski definition) is 5. The fraction of sp³-hybridized carbons (Fsp3) is 0.143. The molecule has 0 aliphatic heterocycles. The Kier molecular flexibility index (Phi) is 4.07. The van der Waals surface area contributed by atoms with E-state index in [1.54, 1.807) is 10.8 Å². The van der Waals surface area contributed by atoms with Crippen molar-refractivity contribution in [3.63, 3.8) is 0 Å². The van der Waals surface area contributed by atoms with Crippen molar-refractivity contribution in [2.45, 2.75) is 0 Å². The first-order chi connectivity index (χ1) is 7.44. The first kappa shape index (κ1) is 12.7. The van der Waals surface area contributed by atoms with Crippen LogP contribution in [0.5, 0.6) is 0 Å². The minimum Gasteiger partial charge on any atom is -0.452 e. The lowest BCUT2D eigenvalue weighted by Crippen LogP contribution is -2.35. The summed E-state index contributed by atoms with van der Waals surface area (Å²) in [5, 5.41) is 0. The third-order valence-corrected chi connectivity index (χ3v) is 2.96. The SMILES string of the molecule is COC(=O)NS(=O)(=O)Nc1cccnc1Br. The zero-order valence-corrected chi connectivity index (χ0v) is 10.5. The molecule has 0 atom stereocenters. The van der Waals surface area contributed by atoms with Gasteiger partial charge in [0.15, 0.2) is 0 Å². The standard InChI is InChI=1S/C7H8BrN3O4S/c1-15-7(12)11-16(13,14)10-5-3-2-4-9-6(5)8/h2-4,10H,1H3,(H,11,12). The minimum absolute atomic E-state index is 0.207. The number of nitrogens with one attached hydrogen (secondary N) is 2. The highest BCUT2D eigenvalue weighted by Gasteiger charge is 2.15. The lowest BCUT2D eigenvalue weighted by molar-refractivity contribution is 0.177. The van der Waals surface area contributed by atoms with Gasteiger partial charge in [0.05, 0.1) is 12.8 Å². The first-order valence-electron chi connectivity index (χ1n) is 3.93. The smallest absolute Gasteiger partial charge is 0.422 e. The maximum Gasteiger partial charge on any atom is 0.422 e. The van der Waals surface area contributed by atoms with Gasteiger partial charge in [-0.25, -0.2) is 14.5 Å². The number of halogens is 1. The topological polar surface area (TPSA) is 97.4 Å². The molecular formula is C7H8BrN3O4S. The number of carbonyl (C=O) groups is 1. The molecule has 1 aromatic rings. The summed E-state index contributed by atoms with van der Waals surface area (Å²) < 4.78 is 30.9. The maximum atomic E-state index is 11.3. The summed E-state index contributed by atoms with van der Waals surface area (Å²) in [5.41, 5.74) is 0.207. The average molecular weight is 310 g/mol. The van der Waals surface area contributed by atoms with Crippen LogP contribution < -0.4 is 9.44 Å². The molecule has 88 valence electrons. The molecule has 0 bridgehead atoms. The Labute approximate surface area is 101 Å². The van der Waals surface area contributed by atoms with Gasteiger partial charge in [-0.05, 0) is 28.1 Å². The summed E-state index contributed by atoms with van der Waals surface area (Å²) in [6.45, 7) is 0. The van der Waals surface area contributed by atoms with Crippen LogP contribution in [0, 0.1) is 0 Å². The van der Waals surface area contributed by atoms with Crippen LogP contribution in [0.15, 0.2) is 22.9 Å². The van der Waals surface area contributed by atoms with Crippen molar-refractivity contribution in [2.75, 3.05) is 11.8 Å². The lowest BCUT2D eigenvalue weighted by Gasteiger charge is -2.08. The summed E-state index contributed by atoms with van der Waals surface area (Å²) in [5.74, 6) is 0. The van der Waals surface area contributed by atoms with Crippen molar-refractivity contribution >= 4 is 37.9 Å². The monoisotopic (exact) mass is 309 g/mol. The van der Waals surface area contributed by atoms with Crippen molar-refractivity contribution in [3.05, 3.63) is 22.9 Å². The largest absolute Gasteiger partial charge is 0.452 e. The van der Waals surface area contributed by atoms with Crippen LogP contribution in [0.3, 0.4) is 0 Å². The molecule has 0 fully saturated rings. The number of aromatic nitrogens is 1. The second-order valence-electron chi connectivity index (χ2n) is 2.54.